The quantitative estimate of drug-likeness (QED) is 0.565. The number of carbonyl (C=O) groups is 2. The molecular weight excluding hydrogens is 452 g/mol. The Labute approximate surface area is 194 Å². The molecule has 0 aliphatic heterocycles. The lowest BCUT2D eigenvalue weighted by Crippen LogP contribution is -2.50. The molecule has 5 heteroatoms. The van der Waals surface area contributed by atoms with E-state index in [9.17, 15) is 9.59 Å². The summed E-state index contributed by atoms with van der Waals surface area (Å²) in [6.45, 7) is 6.32. The van der Waals surface area contributed by atoms with Gasteiger partial charge in [-0.15, -0.1) is 0 Å². The van der Waals surface area contributed by atoms with Gasteiger partial charge in [-0.2, -0.15) is 0 Å². The lowest BCUT2D eigenvalue weighted by molar-refractivity contribution is -0.140. The minimum Gasteiger partial charge on any atom is -0.352 e. The van der Waals surface area contributed by atoms with Crippen molar-refractivity contribution in [3.05, 3.63) is 69.2 Å². The molecule has 1 atom stereocenters. The minimum atomic E-state index is -0.525. The van der Waals surface area contributed by atoms with E-state index in [2.05, 4.69) is 39.4 Å². The highest BCUT2D eigenvalue weighted by Gasteiger charge is 2.28. The minimum absolute atomic E-state index is 0.0251. The fourth-order valence-electron chi connectivity index (χ4n) is 4.19. The summed E-state index contributed by atoms with van der Waals surface area (Å²) < 4.78 is 0.993. The smallest absolute Gasteiger partial charge is 0.242 e. The molecule has 2 aromatic carbocycles. The lowest BCUT2D eigenvalue weighted by Gasteiger charge is -2.31. The predicted molar refractivity (Wildman–Crippen MR) is 129 cm³/mol. The standard InChI is InChI=1S/C26H33BrN2O2/c1-18-9-10-19(2)22(15-18)16-25(30)29(17-21-11-13-23(27)14-12-21)20(3)26(31)28-24-7-5-4-6-8-24/h9-15,20,24H,4-8,16-17H2,1-3H3,(H,28,31). The van der Waals surface area contributed by atoms with Crippen LogP contribution in [0.15, 0.2) is 46.9 Å². The summed E-state index contributed by atoms with van der Waals surface area (Å²) in [6.07, 6.45) is 5.92. The second-order valence-corrected chi connectivity index (χ2v) is 9.69. The van der Waals surface area contributed by atoms with Gasteiger partial charge in [-0.25, -0.2) is 0 Å². The predicted octanol–water partition coefficient (Wildman–Crippen LogP) is 5.47. The fraction of sp³-hybridized carbons (Fsp3) is 0.462. The van der Waals surface area contributed by atoms with Crippen LogP contribution < -0.4 is 5.32 Å². The Balaban J connectivity index is 1.78. The third-order valence-corrected chi connectivity index (χ3v) is 6.76. The number of hydrogen-bond donors (Lipinski definition) is 1. The summed E-state index contributed by atoms with van der Waals surface area (Å²) in [6, 6.07) is 13.8. The summed E-state index contributed by atoms with van der Waals surface area (Å²) in [5.74, 6) is -0.0822. The summed E-state index contributed by atoms with van der Waals surface area (Å²) >= 11 is 3.46. The van der Waals surface area contributed by atoms with Gasteiger partial charge in [0.25, 0.3) is 0 Å². The van der Waals surface area contributed by atoms with E-state index in [0.29, 0.717) is 13.0 Å². The second kappa shape index (κ2) is 10.9. The van der Waals surface area contributed by atoms with Gasteiger partial charge in [-0.1, -0.05) is 71.1 Å². The first-order chi connectivity index (χ1) is 14.8. The van der Waals surface area contributed by atoms with Crippen molar-refractivity contribution in [3.8, 4) is 0 Å². The van der Waals surface area contributed by atoms with E-state index >= 15 is 0 Å². The van der Waals surface area contributed by atoms with Crippen LogP contribution in [0.2, 0.25) is 0 Å². The highest BCUT2D eigenvalue weighted by molar-refractivity contribution is 9.10. The number of amides is 2. The van der Waals surface area contributed by atoms with Crippen molar-refractivity contribution in [2.75, 3.05) is 0 Å². The van der Waals surface area contributed by atoms with Crippen LogP contribution in [0.3, 0.4) is 0 Å². The van der Waals surface area contributed by atoms with E-state index < -0.39 is 6.04 Å². The zero-order chi connectivity index (χ0) is 22.4. The van der Waals surface area contributed by atoms with E-state index in [0.717, 1.165) is 52.4 Å². The maximum Gasteiger partial charge on any atom is 0.242 e. The topological polar surface area (TPSA) is 49.4 Å². The first-order valence-corrected chi connectivity index (χ1v) is 12.0. The Morgan fingerprint density at radius 1 is 1.06 bits per heavy atom. The normalized spacial score (nSPS) is 15.4. The number of halogens is 1. The maximum atomic E-state index is 13.4. The first kappa shape index (κ1) is 23.5. The molecule has 0 bridgehead atoms. The molecular formula is C26H33BrN2O2. The Morgan fingerprint density at radius 2 is 1.74 bits per heavy atom. The van der Waals surface area contributed by atoms with E-state index in [1.165, 1.54) is 6.42 Å². The van der Waals surface area contributed by atoms with Gasteiger partial charge in [0.15, 0.2) is 0 Å². The van der Waals surface area contributed by atoms with Crippen molar-refractivity contribution in [1.29, 1.82) is 0 Å². The van der Waals surface area contributed by atoms with Crippen molar-refractivity contribution in [2.45, 2.75) is 77.9 Å². The third kappa shape index (κ3) is 6.67. The Kier molecular flexibility index (Phi) is 8.30. The number of nitrogens with zero attached hydrogens (tertiary/aromatic N) is 1. The van der Waals surface area contributed by atoms with Gasteiger partial charge in [0.2, 0.25) is 11.8 Å². The largest absolute Gasteiger partial charge is 0.352 e. The molecule has 31 heavy (non-hydrogen) atoms. The molecule has 0 spiro atoms. The van der Waals surface area contributed by atoms with Crippen LogP contribution in [0, 0.1) is 13.8 Å². The molecule has 1 unspecified atom stereocenters. The molecule has 3 rings (SSSR count). The van der Waals surface area contributed by atoms with E-state index in [4.69, 9.17) is 0 Å². The molecule has 0 radical (unpaired) electrons. The molecule has 0 heterocycles. The number of carbonyl (C=O) groups excluding carboxylic acids is 2. The molecule has 2 aromatic rings. The van der Waals surface area contributed by atoms with Gasteiger partial charge in [0, 0.05) is 17.1 Å². The highest BCUT2D eigenvalue weighted by Crippen LogP contribution is 2.20. The van der Waals surface area contributed by atoms with Crippen LogP contribution in [0.4, 0.5) is 0 Å². The van der Waals surface area contributed by atoms with Crippen LogP contribution in [0.25, 0.3) is 0 Å². The van der Waals surface area contributed by atoms with E-state index in [1.54, 1.807) is 4.90 Å². The van der Waals surface area contributed by atoms with Gasteiger partial charge in [-0.3, -0.25) is 9.59 Å². The molecule has 166 valence electrons. The summed E-state index contributed by atoms with van der Waals surface area (Å²) in [4.78, 5) is 28.2. The van der Waals surface area contributed by atoms with Gasteiger partial charge in [0.05, 0.1) is 6.42 Å². The molecule has 0 aromatic heterocycles. The van der Waals surface area contributed by atoms with Gasteiger partial charge in [0.1, 0.15) is 6.04 Å². The van der Waals surface area contributed by atoms with Crippen molar-refractivity contribution in [1.82, 2.24) is 10.2 Å². The zero-order valence-corrected chi connectivity index (χ0v) is 20.4. The third-order valence-electron chi connectivity index (χ3n) is 6.23. The van der Waals surface area contributed by atoms with Gasteiger partial charge >= 0.3 is 0 Å². The number of benzene rings is 2. The van der Waals surface area contributed by atoms with Crippen molar-refractivity contribution in [3.63, 3.8) is 0 Å². The summed E-state index contributed by atoms with van der Waals surface area (Å²) in [5, 5.41) is 3.19. The average molecular weight is 485 g/mol. The van der Waals surface area contributed by atoms with Crippen LogP contribution in [-0.4, -0.2) is 28.8 Å². The summed E-state index contributed by atoms with van der Waals surface area (Å²) in [7, 11) is 0. The Bertz CT molecular complexity index is 904. The lowest BCUT2D eigenvalue weighted by atomic mass is 9.95. The molecule has 1 aliphatic carbocycles. The Morgan fingerprint density at radius 3 is 2.42 bits per heavy atom. The number of hydrogen-bond acceptors (Lipinski definition) is 2. The molecule has 0 saturated heterocycles. The fourth-order valence-corrected chi connectivity index (χ4v) is 4.46. The Hall–Kier alpha value is -2.14. The van der Waals surface area contributed by atoms with Gasteiger partial charge in [-0.05, 0) is 62.4 Å². The first-order valence-electron chi connectivity index (χ1n) is 11.2. The van der Waals surface area contributed by atoms with Crippen molar-refractivity contribution >= 4 is 27.7 Å². The molecule has 1 aliphatic rings. The van der Waals surface area contributed by atoms with Crippen LogP contribution in [0.5, 0.6) is 0 Å². The molecule has 2 amide bonds. The van der Waals surface area contributed by atoms with Crippen LogP contribution in [0.1, 0.15) is 61.3 Å². The van der Waals surface area contributed by atoms with Crippen LogP contribution in [-0.2, 0) is 22.6 Å². The average Bonchev–Trinajstić information content (AvgIpc) is 2.76. The molecule has 1 saturated carbocycles. The monoisotopic (exact) mass is 484 g/mol. The zero-order valence-electron chi connectivity index (χ0n) is 18.8. The van der Waals surface area contributed by atoms with Crippen molar-refractivity contribution in [2.24, 2.45) is 0 Å². The van der Waals surface area contributed by atoms with E-state index in [-0.39, 0.29) is 17.9 Å². The second-order valence-electron chi connectivity index (χ2n) is 8.77. The number of aryl methyl sites for hydroxylation is 2. The molecule has 1 fully saturated rings. The van der Waals surface area contributed by atoms with E-state index in [1.807, 2.05) is 45.0 Å². The number of nitrogens with one attached hydrogen (secondary N) is 1. The highest BCUT2D eigenvalue weighted by atomic mass is 79.9. The number of rotatable bonds is 7. The molecule has 1 N–H and O–H groups in total. The SMILES string of the molecule is Cc1ccc(C)c(CC(=O)N(Cc2ccc(Br)cc2)C(C)C(=O)NC2CCCCC2)c1. The van der Waals surface area contributed by atoms with Gasteiger partial charge < -0.3 is 10.2 Å². The molecule has 4 nitrogen and oxygen atoms in total. The van der Waals surface area contributed by atoms with Crippen molar-refractivity contribution < 1.29 is 9.59 Å². The van der Waals surface area contributed by atoms with Crippen LogP contribution >= 0.6 is 15.9 Å². The summed E-state index contributed by atoms with van der Waals surface area (Å²) in [5.41, 5.74) is 4.26. The maximum absolute atomic E-state index is 13.4.